The standard InChI is InChI=1S/C14H14FNO3/c15-9-3-4-12-10(7-9)11(13(19-12)14(17)18)8-16-5-1-2-6-16/h3-4,7H,1-2,5-6,8H2,(H,17,18). The molecule has 0 saturated carbocycles. The minimum Gasteiger partial charge on any atom is -0.475 e. The van der Waals surface area contributed by atoms with Crippen molar-refractivity contribution >= 4 is 16.9 Å². The van der Waals surface area contributed by atoms with E-state index < -0.39 is 5.97 Å². The molecule has 2 heterocycles. The molecule has 0 aliphatic carbocycles. The molecular weight excluding hydrogens is 249 g/mol. The minimum atomic E-state index is -1.11. The second kappa shape index (κ2) is 4.66. The molecule has 1 aliphatic heterocycles. The maximum absolute atomic E-state index is 13.3. The molecule has 0 spiro atoms. The number of furan rings is 1. The van der Waals surface area contributed by atoms with Gasteiger partial charge in [-0.3, -0.25) is 4.90 Å². The first kappa shape index (κ1) is 12.2. The minimum absolute atomic E-state index is 0.0764. The smallest absolute Gasteiger partial charge is 0.372 e. The van der Waals surface area contributed by atoms with Crippen LogP contribution in [-0.2, 0) is 6.54 Å². The van der Waals surface area contributed by atoms with E-state index in [-0.39, 0.29) is 11.6 Å². The first-order valence-corrected chi connectivity index (χ1v) is 6.32. The fourth-order valence-corrected chi connectivity index (χ4v) is 2.61. The SMILES string of the molecule is O=C(O)c1oc2ccc(F)cc2c1CN1CCCC1. The van der Waals surface area contributed by atoms with Gasteiger partial charge in [0.25, 0.3) is 0 Å². The van der Waals surface area contributed by atoms with Crippen LogP contribution >= 0.6 is 0 Å². The summed E-state index contributed by atoms with van der Waals surface area (Å²) in [4.78, 5) is 13.4. The molecule has 19 heavy (non-hydrogen) atoms. The van der Waals surface area contributed by atoms with Crippen LogP contribution in [0.4, 0.5) is 4.39 Å². The Morgan fingerprint density at radius 2 is 2.11 bits per heavy atom. The third-order valence-electron chi connectivity index (χ3n) is 3.53. The zero-order valence-electron chi connectivity index (χ0n) is 10.4. The summed E-state index contributed by atoms with van der Waals surface area (Å²) >= 11 is 0. The lowest BCUT2D eigenvalue weighted by molar-refractivity contribution is 0.0662. The molecule has 1 N–H and O–H groups in total. The van der Waals surface area contributed by atoms with Gasteiger partial charge < -0.3 is 9.52 Å². The lowest BCUT2D eigenvalue weighted by Gasteiger charge is -2.13. The summed E-state index contributed by atoms with van der Waals surface area (Å²) in [5.74, 6) is -1.56. The first-order chi connectivity index (χ1) is 9.15. The molecule has 1 aliphatic rings. The Kier molecular flexibility index (Phi) is 2.98. The highest BCUT2D eigenvalue weighted by Gasteiger charge is 2.23. The highest BCUT2D eigenvalue weighted by molar-refractivity contribution is 5.95. The van der Waals surface area contributed by atoms with Crippen molar-refractivity contribution in [1.82, 2.24) is 4.90 Å². The summed E-state index contributed by atoms with van der Waals surface area (Å²) in [6, 6.07) is 4.10. The van der Waals surface area contributed by atoms with Crippen LogP contribution in [-0.4, -0.2) is 29.1 Å². The van der Waals surface area contributed by atoms with Gasteiger partial charge in [0.05, 0.1) is 0 Å². The van der Waals surface area contributed by atoms with Gasteiger partial charge in [0, 0.05) is 17.5 Å². The molecule has 100 valence electrons. The second-order valence-corrected chi connectivity index (χ2v) is 4.84. The highest BCUT2D eigenvalue weighted by atomic mass is 19.1. The van der Waals surface area contributed by atoms with Crippen molar-refractivity contribution < 1.29 is 18.7 Å². The molecule has 1 fully saturated rings. The average Bonchev–Trinajstić information content (AvgIpc) is 2.98. The van der Waals surface area contributed by atoms with Crippen molar-refractivity contribution in [2.24, 2.45) is 0 Å². The fraction of sp³-hybridized carbons (Fsp3) is 0.357. The van der Waals surface area contributed by atoms with Crippen LogP contribution in [0.5, 0.6) is 0 Å². The third kappa shape index (κ3) is 2.21. The predicted octanol–water partition coefficient (Wildman–Crippen LogP) is 2.87. The van der Waals surface area contributed by atoms with Gasteiger partial charge in [0.1, 0.15) is 11.4 Å². The largest absolute Gasteiger partial charge is 0.475 e. The van der Waals surface area contributed by atoms with E-state index in [1.54, 1.807) is 0 Å². The van der Waals surface area contributed by atoms with Gasteiger partial charge in [0.2, 0.25) is 5.76 Å². The zero-order chi connectivity index (χ0) is 13.4. The maximum Gasteiger partial charge on any atom is 0.372 e. The summed E-state index contributed by atoms with van der Waals surface area (Å²) in [7, 11) is 0. The number of rotatable bonds is 3. The molecule has 0 atom stereocenters. The number of hydrogen-bond acceptors (Lipinski definition) is 3. The van der Waals surface area contributed by atoms with Crippen LogP contribution in [0.2, 0.25) is 0 Å². The molecule has 0 unspecified atom stereocenters. The molecule has 2 aromatic rings. The molecular formula is C14H14FNO3. The number of hydrogen-bond donors (Lipinski definition) is 1. The lowest BCUT2D eigenvalue weighted by atomic mass is 10.1. The zero-order valence-corrected chi connectivity index (χ0v) is 10.4. The number of carboxylic acid groups (broad SMARTS) is 1. The molecule has 1 saturated heterocycles. The van der Waals surface area contributed by atoms with Crippen molar-refractivity contribution in [1.29, 1.82) is 0 Å². The number of carboxylic acids is 1. The number of nitrogens with zero attached hydrogens (tertiary/aromatic N) is 1. The van der Waals surface area contributed by atoms with Gasteiger partial charge in [-0.1, -0.05) is 0 Å². The summed E-state index contributed by atoms with van der Waals surface area (Å²) in [5.41, 5.74) is 0.997. The third-order valence-corrected chi connectivity index (χ3v) is 3.53. The summed E-state index contributed by atoms with van der Waals surface area (Å²) < 4.78 is 18.7. The van der Waals surface area contributed by atoms with Crippen LogP contribution < -0.4 is 0 Å². The maximum atomic E-state index is 13.3. The van der Waals surface area contributed by atoms with Crippen LogP contribution in [0.1, 0.15) is 29.0 Å². The number of halogens is 1. The summed E-state index contributed by atoms with van der Waals surface area (Å²) in [6.07, 6.45) is 2.24. The predicted molar refractivity (Wildman–Crippen MR) is 67.6 cm³/mol. The van der Waals surface area contributed by atoms with Crippen LogP contribution in [0.15, 0.2) is 22.6 Å². The number of likely N-dealkylation sites (tertiary alicyclic amines) is 1. The molecule has 0 radical (unpaired) electrons. The van der Waals surface area contributed by atoms with E-state index >= 15 is 0 Å². The Labute approximate surface area is 109 Å². The van der Waals surface area contributed by atoms with Crippen LogP contribution in [0.3, 0.4) is 0 Å². The highest BCUT2D eigenvalue weighted by Crippen LogP contribution is 2.29. The first-order valence-electron chi connectivity index (χ1n) is 6.32. The van der Waals surface area contributed by atoms with Gasteiger partial charge in [-0.2, -0.15) is 0 Å². The average molecular weight is 263 g/mol. The Hall–Kier alpha value is -1.88. The monoisotopic (exact) mass is 263 g/mol. The topological polar surface area (TPSA) is 53.7 Å². The molecule has 1 aromatic carbocycles. The fourth-order valence-electron chi connectivity index (χ4n) is 2.61. The Balaban J connectivity index is 2.09. The Morgan fingerprint density at radius 1 is 1.37 bits per heavy atom. The summed E-state index contributed by atoms with van der Waals surface area (Å²) in [6.45, 7) is 2.39. The van der Waals surface area contributed by atoms with Crippen LogP contribution in [0, 0.1) is 5.82 Å². The van der Waals surface area contributed by atoms with E-state index in [9.17, 15) is 14.3 Å². The van der Waals surface area contributed by atoms with Crippen molar-refractivity contribution in [2.75, 3.05) is 13.1 Å². The van der Waals surface area contributed by atoms with E-state index in [0.717, 1.165) is 25.9 Å². The number of carbonyl (C=O) groups is 1. The Bertz CT molecular complexity index is 629. The van der Waals surface area contributed by atoms with Crippen molar-refractivity contribution in [3.05, 3.63) is 35.3 Å². The van der Waals surface area contributed by atoms with E-state index in [0.29, 0.717) is 23.1 Å². The summed E-state index contributed by atoms with van der Waals surface area (Å²) in [5, 5.41) is 9.76. The molecule has 4 nitrogen and oxygen atoms in total. The van der Waals surface area contributed by atoms with Gasteiger partial charge in [0.15, 0.2) is 0 Å². The quantitative estimate of drug-likeness (QED) is 0.925. The second-order valence-electron chi connectivity index (χ2n) is 4.84. The Morgan fingerprint density at radius 3 is 2.79 bits per heavy atom. The number of benzene rings is 1. The van der Waals surface area contributed by atoms with Gasteiger partial charge >= 0.3 is 5.97 Å². The normalized spacial score (nSPS) is 16.3. The molecule has 3 rings (SSSR count). The molecule has 0 amide bonds. The van der Waals surface area contributed by atoms with E-state index in [4.69, 9.17) is 4.42 Å². The van der Waals surface area contributed by atoms with Gasteiger partial charge in [-0.05, 0) is 44.1 Å². The van der Waals surface area contributed by atoms with Crippen molar-refractivity contribution in [3.63, 3.8) is 0 Å². The lowest BCUT2D eigenvalue weighted by Crippen LogP contribution is -2.19. The van der Waals surface area contributed by atoms with Crippen molar-refractivity contribution in [2.45, 2.75) is 19.4 Å². The van der Waals surface area contributed by atoms with E-state index in [1.165, 1.54) is 18.2 Å². The van der Waals surface area contributed by atoms with E-state index in [1.807, 2.05) is 0 Å². The molecule has 5 heteroatoms. The van der Waals surface area contributed by atoms with Gasteiger partial charge in [-0.25, -0.2) is 9.18 Å². The van der Waals surface area contributed by atoms with Gasteiger partial charge in [-0.15, -0.1) is 0 Å². The molecule has 0 bridgehead atoms. The van der Waals surface area contributed by atoms with Crippen molar-refractivity contribution in [3.8, 4) is 0 Å². The number of fused-ring (bicyclic) bond motifs is 1. The van der Waals surface area contributed by atoms with E-state index in [2.05, 4.69) is 4.90 Å². The molecule has 1 aromatic heterocycles. The number of aromatic carboxylic acids is 1. The van der Waals surface area contributed by atoms with Crippen LogP contribution in [0.25, 0.3) is 11.0 Å².